The Kier molecular flexibility index (Phi) is 7.23. The second-order valence-corrected chi connectivity index (χ2v) is 7.86. The number of hydrogen-bond donors (Lipinski definition) is 1. The van der Waals surface area contributed by atoms with E-state index < -0.39 is 0 Å². The number of aromatic amines is 1. The number of likely N-dealkylation sites (tertiary alicyclic amines) is 1. The number of amides is 1. The number of methoxy groups -OCH3 is 1. The Balaban J connectivity index is 1.64. The molecular formula is C22H33N3O4. The lowest BCUT2D eigenvalue weighted by Gasteiger charge is -2.20. The van der Waals surface area contributed by atoms with Crippen LogP contribution in [0.1, 0.15) is 58.4 Å². The Labute approximate surface area is 172 Å². The predicted molar refractivity (Wildman–Crippen MR) is 114 cm³/mol. The number of imidazole rings is 1. The van der Waals surface area contributed by atoms with Crippen LogP contribution in [-0.2, 0) is 4.74 Å². The summed E-state index contributed by atoms with van der Waals surface area (Å²) in [4.78, 5) is 29.3. The fourth-order valence-electron chi connectivity index (χ4n) is 4.42. The van der Waals surface area contributed by atoms with Gasteiger partial charge in [-0.05, 0) is 50.7 Å². The van der Waals surface area contributed by atoms with Crippen LogP contribution in [0.3, 0.4) is 0 Å². The second-order valence-electron chi connectivity index (χ2n) is 7.86. The summed E-state index contributed by atoms with van der Waals surface area (Å²) in [6.45, 7) is 5.97. The Bertz CT molecular complexity index is 873. The van der Waals surface area contributed by atoms with E-state index in [1.165, 1.54) is 0 Å². The molecule has 0 radical (unpaired) electrons. The fraction of sp³-hybridized carbons (Fsp3) is 0.636. The normalized spacial score (nSPS) is 17.6. The molecule has 1 aliphatic rings. The SMILES string of the molecule is CCCC(CCCC1CCN(C(=O)OCC)C1)n1c(=O)[nH]c2ccc(OC)cc21. The fourth-order valence-corrected chi connectivity index (χ4v) is 4.42. The molecule has 3 rings (SSSR count). The van der Waals surface area contributed by atoms with Gasteiger partial charge in [-0.15, -0.1) is 0 Å². The van der Waals surface area contributed by atoms with Crippen LogP contribution in [0.5, 0.6) is 5.75 Å². The van der Waals surface area contributed by atoms with Crippen molar-refractivity contribution in [2.45, 2.75) is 58.4 Å². The summed E-state index contributed by atoms with van der Waals surface area (Å²) in [6, 6.07) is 5.87. The van der Waals surface area contributed by atoms with Crippen molar-refractivity contribution < 1.29 is 14.3 Å². The molecule has 1 saturated heterocycles. The maximum absolute atomic E-state index is 12.7. The summed E-state index contributed by atoms with van der Waals surface area (Å²) in [5.74, 6) is 1.27. The van der Waals surface area contributed by atoms with E-state index in [-0.39, 0.29) is 17.8 Å². The molecule has 1 aromatic carbocycles. The first kappa shape index (κ1) is 21.3. The topological polar surface area (TPSA) is 76.6 Å². The average Bonchev–Trinajstić information content (AvgIpc) is 3.31. The molecule has 1 amide bonds. The molecule has 2 heterocycles. The van der Waals surface area contributed by atoms with Crippen molar-refractivity contribution in [3.8, 4) is 5.75 Å². The van der Waals surface area contributed by atoms with E-state index in [1.54, 1.807) is 7.11 Å². The van der Waals surface area contributed by atoms with Gasteiger partial charge in [0.2, 0.25) is 0 Å². The van der Waals surface area contributed by atoms with Crippen molar-refractivity contribution >= 4 is 17.1 Å². The molecule has 0 aliphatic carbocycles. The lowest BCUT2D eigenvalue weighted by molar-refractivity contribution is 0.114. The van der Waals surface area contributed by atoms with Gasteiger partial charge in [-0.2, -0.15) is 0 Å². The Morgan fingerprint density at radius 3 is 2.86 bits per heavy atom. The molecule has 0 spiro atoms. The summed E-state index contributed by atoms with van der Waals surface area (Å²) in [7, 11) is 1.64. The minimum Gasteiger partial charge on any atom is -0.497 e. The number of H-pyrrole nitrogens is 1. The van der Waals surface area contributed by atoms with Crippen molar-refractivity contribution in [2.75, 3.05) is 26.8 Å². The number of rotatable bonds is 9. The standard InChI is InChI=1S/C22H33N3O4/c1-4-7-17(9-6-8-16-12-13-24(15-16)22(27)29-5-2)25-20-14-18(28-3)10-11-19(20)23-21(25)26/h10-11,14,16-17H,4-9,12-13,15H2,1-3H3,(H,23,26). The van der Waals surface area contributed by atoms with E-state index in [0.717, 1.165) is 68.4 Å². The molecule has 2 atom stereocenters. The van der Waals surface area contributed by atoms with Crippen molar-refractivity contribution in [3.05, 3.63) is 28.7 Å². The van der Waals surface area contributed by atoms with Gasteiger partial charge in [-0.1, -0.05) is 19.8 Å². The highest BCUT2D eigenvalue weighted by Gasteiger charge is 2.27. The highest BCUT2D eigenvalue weighted by atomic mass is 16.6. The number of benzene rings is 1. The van der Waals surface area contributed by atoms with Crippen LogP contribution in [0, 0.1) is 5.92 Å². The summed E-state index contributed by atoms with van der Waals surface area (Å²) in [5.41, 5.74) is 1.70. The zero-order chi connectivity index (χ0) is 20.8. The second kappa shape index (κ2) is 9.85. The molecule has 7 heteroatoms. The number of nitrogens with zero attached hydrogens (tertiary/aromatic N) is 2. The minimum atomic E-state index is -0.196. The zero-order valence-corrected chi connectivity index (χ0v) is 17.8. The average molecular weight is 404 g/mol. The third kappa shape index (κ3) is 4.95. The molecule has 1 N–H and O–H groups in total. The third-order valence-corrected chi connectivity index (χ3v) is 5.87. The van der Waals surface area contributed by atoms with Gasteiger partial charge in [0.05, 0.1) is 24.8 Å². The lowest BCUT2D eigenvalue weighted by atomic mass is 9.97. The van der Waals surface area contributed by atoms with Gasteiger partial charge in [0.15, 0.2) is 0 Å². The van der Waals surface area contributed by atoms with Crippen molar-refractivity contribution in [3.63, 3.8) is 0 Å². The van der Waals surface area contributed by atoms with E-state index in [2.05, 4.69) is 11.9 Å². The van der Waals surface area contributed by atoms with Crippen molar-refractivity contribution in [1.82, 2.24) is 14.5 Å². The van der Waals surface area contributed by atoms with E-state index in [9.17, 15) is 9.59 Å². The number of ether oxygens (including phenoxy) is 2. The van der Waals surface area contributed by atoms with E-state index >= 15 is 0 Å². The highest BCUT2D eigenvalue weighted by molar-refractivity contribution is 5.77. The number of fused-ring (bicyclic) bond motifs is 1. The summed E-state index contributed by atoms with van der Waals surface area (Å²) in [5, 5.41) is 0. The number of carbonyl (C=O) groups excluding carboxylic acids is 1. The van der Waals surface area contributed by atoms with Crippen LogP contribution in [0.25, 0.3) is 11.0 Å². The summed E-state index contributed by atoms with van der Waals surface area (Å²) >= 11 is 0. The van der Waals surface area contributed by atoms with Gasteiger partial charge in [0.1, 0.15) is 5.75 Å². The summed E-state index contributed by atoms with van der Waals surface area (Å²) < 4.78 is 12.4. The van der Waals surface area contributed by atoms with E-state index in [4.69, 9.17) is 9.47 Å². The lowest BCUT2D eigenvalue weighted by Crippen LogP contribution is -2.29. The molecular weight excluding hydrogens is 370 g/mol. The van der Waals surface area contributed by atoms with Gasteiger partial charge >= 0.3 is 11.8 Å². The van der Waals surface area contributed by atoms with Gasteiger partial charge in [0.25, 0.3) is 0 Å². The molecule has 0 saturated carbocycles. The Morgan fingerprint density at radius 2 is 2.14 bits per heavy atom. The summed E-state index contributed by atoms with van der Waals surface area (Å²) in [6.07, 6.45) is 5.87. The van der Waals surface area contributed by atoms with Crippen LogP contribution < -0.4 is 10.4 Å². The first-order valence-electron chi connectivity index (χ1n) is 10.8. The quantitative estimate of drug-likeness (QED) is 0.676. The van der Waals surface area contributed by atoms with Crippen molar-refractivity contribution in [1.29, 1.82) is 0 Å². The van der Waals surface area contributed by atoms with Gasteiger partial charge < -0.3 is 19.4 Å². The molecule has 2 unspecified atom stereocenters. The smallest absolute Gasteiger partial charge is 0.409 e. The molecule has 2 aromatic rings. The van der Waals surface area contributed by atoms with Crippen LogP contribution >= 0.6 is 0 Å². The first-order chi connectivity index (χ1) is 14.1. The van der Waals surface area contributed by atoms with Crippen molar-refractivity contribution in [2.24, 2.45) is 5.92 Å². The Hall–Kier alpha value is -2.44. The number of hydrogen-bond acceptors (Lipinski definition) is 4. The molecule has 7 nitrogen and oxygen atoms in total. The predicted octanol–water partition coefficient (Wildman–Crippen LogP) is 4.33. The zero-order valence-electron chi connectivity index (χ0n) is 17.8. The molecule has 160 valence electrons. The van der Waals surface area contributed by atoms with Crippen LogP contribution in [0.15, 0.2) is 23.0 Å². The molecule has 1 aliphatic heterocycles. The largest absolute Gasteiger partial charge is 0.497 e. The molecule has 29 heavy (non-hydrogen) atoms. The molecule has 0 bridgehead atoms. The third-order valence-electron chi connectivity index (χ3n) is 5.87. The number of nitrogens with one attached hydrogen (secondary N) is 1. The maximum atomic E-state index is 12.7. The van der Waals surface area contributed by atoms with Crippen LogP contribution in [-0.4, -0.2) is 47.4 Å². The van der Waals surface area contributed by atoms with Gasteiger partial charge in [-0.3, -0.25) is 4.57 Å². The van der Waals surface area contributed by atoms with E-state index in [0.29, 0.717) is 12.5 Å². The minimum absolute atomic E-state index is 0.0546. The van der Waals surface area contributed by atoms with Gasteiger partial charge in [0, 0.05) is 25.2 Å². The molecule has 1 aromatic heterocycles. The molecule has 1 fully saturated rings. The first-order valence-corrected chi connectivity index (χ1v) is 10.8. The Morgan fingerprint density at radius 1 is 1.31 bits per heavy atom. The van der Waals surface area contributed by atoms with Crippen LogP contribution in [0.2, 0.25) is 0 Å². The van der Waals surface area contributed by atoms with Crippen LogP contribution in [0.4, 0.5) is 4.79 Å². The van der Waals surface area contributed by atoms with E-state index in [1.807, 2.05) is 34.6 Å². The maximum Gasteiger partial charge on any atom is 0.409 e. The monoisotopic (exact) mass is 403 g/mol. The highest BCUT2D eigenvalue weighted by Crippen LogP contribution is 2.29. The number of aromatic nitrogens is 2. The van der Waals surface area contributed by atoms with Gasteiger partial charge in [-0.25, -0.2) is 9.59 Å². The number of carbonyl (C=O) groups is 1.